The fourth-order valence-corrected chi connectivity index (χ4v) is 4.28. The van der Waals surface area contributed by atoms with Crippen LogP contribution in [0.1, 0.15) is 24.3 Å². The van der Waals surface area contributed by atoms with Gasteiger partial charge in [-0.1, -0.05) is 22.8 Å². The minimum absolute atomic E-state index is 0.116. The minimum atomic E-state index is -1.19. The van der Waals surface area contributed by atoms with Crippen molar-refractivity contribution in [2.45, 2.75) is 26.3 Å². The van der Waals surface area contributed by atoms with Crippen LogP contribution in [0.15, 0.2) is 40.9 Å². The van der Waals surface area contributed by atoms with Crippen LogP contribution < -0.4 is 11.1 Å². The molecule has 174 valence electrons. The summed E-state index contributed by atoms with van der Waals surface area (Å²) in [4.78, 5) is 28.1. The molecule has 0 bridgehead atoms. The standard InChI is InChI=1S/C23H18ClF2N5O3/c1-11-29-20(30-34-11)19-18(24)15-8-13(25)3-5-17(15)31(19)14-4-2-12(16(26)9-14)10-28-22(33)23(6-7-23)21(27)32/h2-5,8-9H,6-7,10H2,1H3,(H2,27,32)(H,28,33). The molecule has 3 N–H and O–H groups in total. The number of hydrogen-bond donors (Lipinski definition) is 2. The molecule has 2 amide bonds. The molecular weight excluding hydrogens is 468 g/mol. The van der Waals surface area contributed by atoms with Crippen LogP contribution in [0.25, 0.3) is 28.1 Å². The lowest BCUT2D eigenvalue weighted by molar-refractivity contribution is -0.135. The lowest BCUT2D eigenvalue weighted by Gasteiger charge is -2.14. The van der Waals surface area contributed by atoms with E-state index in [1.807, 2.05) is 0 Å². The highest BCUT2D eigenvalue weighted by molar-refractivity contribution is 6.38. The summed E-state index contributed by atoms with van der Waals surface area (Å²) >= 11 is 6.57. The number of amides is 2. The highest BCUT2D eigenvalue weighted by Crippen LogP contribution is 2.45. The fraction of sp³-hybridized carbons (Fsp3) is 0.217. The summed E-state index contributed by atoms with van der Waals surface area (Å²) in [6.45, 7) is 1.50. The first kappa shape index (κ1) is 22.0. The zero-order chi connectivity index (χ0) is 24.2. The normalized spacial score (nSPS) is 14.4. The number of nitrogens with zero attached hydrogens (tertiary/aromatic N) is 3. The molecule has 5 rings (SSSR count). The number of rotatable bonds is 6. The van der Waals surface area contributed by atoms with Crippen molar-refractivity contribution in [3.63, 3.8) is 0 Å². The number of nitrogens with two attached hydrogens (primary N) is 1. The molecule has 2 heterocycles. The van der Waals surface area contributed by atoms with Crippen LogP contribution in [-0.2, 0) is 16.1 Å². The lowest BCUT2D eigenvalue weighted by atomic mass is 10.1. The zero-order valence-electron chi connectivity index (χ0n) is 17.9. The van der Waals surface area contributed by atoms with Gasteiger partial charge in [-0.3, -0.25) is 9.59 Å². The smallest absolute Gasteiger partial charge is 0.235 e. The average molecular weight is 486 g/mol. The Kier molecular flexibility index (Phi) is 5.12. The van der Waals surface area contributed by atoms with E-state index in [4.69, 9.17) is 21.9 Å². The van der Waals surface area contributed by atoms with Gasteiger partial charge in [0, 0.05) is 30.1 Å². The van der Waals surface area contributed by atoms with Crippen molar-refractivity contribution in [1.29, 1.82) is 0 Å². The third kappa shape index (κ3) is 3.50. The van der Waals surface area contributed by atoms with Gasteiger partial charge in [-0.15, -0.1) is 0 Å². The first-order valence-electron chi connectivity index (χ1n) is 10.4. The van der Waals surface area contributed by atoms with E-state index >= 15 is 4.39 Å². The molecule has 34 heavy (non-hydrogen) atoms. The molecule has 1 fully saturated rings. The second kappa shape index (κ2) is 7.91. The number of fused-ring (bicyclic) bond motifs is 1. The zero-order valence-corrected chi connectivity index (χ0v) is 18.6. The van der Waals surface area contributed by atoms with Crippen LogP contribution in [-0.4, -0.2) is 26.5 Å². The number of carbonyl (C=O) groups is 2. The molecule has 4 aromatic rings. The number of aromatic nitrogens is 3. The first-order chi connectivity index (χ1) is 16.2. The van der Waals surface area contributed by atoms with Crippen molar-refractivity contribution in [2.24, 2.45) is 11.1 Å². The van der Waals surface area contributed by atoms with Crippen LogP contribution in [0, 0.1) is 24.0 Å². The summed E-state index contributed by atoms with van der Waals surface area (Å²) in [5.41, 5.74) is 5.54. The van der Waals surface area contributed by atoms with Gasteiger partial charge in [-0.25, -0.2) is 8.78 Å². The second-order valence-electron chi connectivity index (χ2n) is 8.20. The first-order valence-corrected chi connectivity index (χ1v) is 10.8. The van der Waals surface area contributed by atoms with Crippen LogP contribution in [0.3, 0.4) is 0 Å². The summed E-state index contributed by atoms with van der Waals surface area (Å²) in [7, 11) is 0. The third-order valence-corrected chi connectivity index (χ3v) is 6.38. The van der Waals surface area contributed by atoms with Crippen molar-refractivity contribution >= 4 is 34.3 Å². The van der Waals surface area contributed by atoms with Crippen LogP contribution in [0.2, 0.25) is 5.02 Å². The molecule has 0 spiro atoms. The van der Waals surface area contributed by atoms with Crippen LogP contribution in [0.4, 0.5) is 8.78 Å². The summed E-state index contributed by atoms with van der Waals surface area (Å²) in [5.74, 6) is -1.81. The molecular formula is C23H18ClF2N5O3. The van der Waals surface area contributed by atoms with E-state index in [9.17, 15) is 14.0 Å². The molecule has 0 unspecified atom stereocenters. The van der Waals surface area contributed by atoms with Crippen LogP contribution >= 0.6 is 11.6 Å². The summed E-state index contributed by atoms with van der Waals surface area (Å²) < 4.78 is 35.7. The van der Waals surface area contributed by atoms with E-state index in [-0.39, 0.29) is 23.0 Å². The Bertz CT molecular complexity index is 1480. The Balaban J connectivity index is 1.53. The number of primary amides is 1. The predicted molar refractivity (Wildman–Crippen MR) is 119 cm³/mol. The molecule has 1 saturated carbocycles. The molecule has 8 nitrogen and oxygen atoms in total. The van der Waals surface area contributed by atoms with Crippen molar-refractivity contribution in [1.82, 2.24) is 20.0 Å². The SMILES string of the molecule is Cc1nc(-c2c(Cl)c3cc(F)ccc3n2-c2ccc(CNC(=O)C3(C(N)=O)CC3)c(F)c2)no1. The summed E-state index contributed by atoms with van der Waals surface area (Å²) in [5, 5.41) is 7.09. The summed E-state index contributed by atoms with van der Waals surface area (Å²) in [6.07, 6.45) is 0.770. The number of benzene rings is 2. The van der Waals surface area contributed by atoms with E-state index in [0.29, 0.717) is 41.0 Å². The molecule has 0 saturated heterocycles. The molecule has 2 aromatic carbocycles. The van der Waals surface area contributed by atoms with Gasteiger partial charge in [0.05, 0.1) is 10.5 Å². The monoisotopic (exact) mass is 485 g/mol. The van der Waals surface area contributed by atoms with Gasteiger partial charge in [0.2, 0.25) is 23.5 Å². The number of aryl methyl sites for hydroxylation is 1. The molecule has 0 atom stereocenters. The second-order valence-corrected chi connectivity index (χ2v) is 8.58. The third-order valence-electron chi connectivity index (χ3n) is 6.00. The van der Waals surface area contributed by atoms with E-state index < -0.39 is 28.9 Å². The largest absolute Gasteiger partial charge is 0.369 e. The average Bonchev–Trinajstić information content (AvgIpc) is 3.44. The maximum absolute atomic E-state index is 15.1. The number of carbonyl (C=O) groups excluding carboxylic acids is 2. The number of hydrogen-bond acceptors (Lipinski definition) is 5. The Labute approximate surface area is 196 Å². The van der Waals surface area contributed by atoms with Crippen LogP contribution in [0.5, 0.6) is 0 Å². The van der Waals surface area contributed by atoms with Crippen molar-refractivity contribution in [2.75, 3.05) is 0 Å². The highest BCUT2D eigenvalue weighted by Gasteiger charge is 2.55. The fourth-order valence-electron chi connectivity index (χ4n) is 3.96. The summed E-state index contributed by atoms with van der Waals surface area (Å²) in [6, 6.07) is 8.46. The minimum Gasteiger partial charge on any atom is -0.369 e. The molecule has 0 aliphatic heterocycles. The van der Waals surface area contributed by atoms with E-state index in [1.54, 1.807) is 17.6 Å². The number of nitrogens with one attached hydrogen (secondary N) is 1. The number of halogens is 3. The van der Waals surface area contributed by atoms with Gasteiger partial charge in [-0.2, -0.15) is 4.98 Å². The maximum Gasteiger partial charge on any atom is 0.235 e. The Morgan fingerprint density at radius 1 is 1.24 bits per heavy atom. The van der Waals surface area contributed by atoms with Crippen molar-refractivity contribution in [3.05, 3.63) is 64.5 Å². The van der Waals surface area contributed by atoms with E-state index in [2.05, 4.69) is 15.5 Å². The van der Waals surface area contributed by atoms with Gasteiger partial charge in [-0.05, 0) is 43.2 Å². The van der Waals surface area contributed by atoms with Gasteiger partial charge in [0.25, 0.3) is 0 Å². The predicted octanol–water partition coefficient (Wildman–Crippen LogP) is 3.80. The Hall–Kier alpha value is -3.79. The van der Waals surface area contributed by atoms with Gasteiger partial charge < -0.3 is 20.1 Å². The molecule has 1 aliphatic rings. The molecule has 1 aliphatic carbocycles. The maximum atomic E-state index is 15.1. The van der Waals surface area contributed by atoms with E-state index in [1.165, 1.54) is 30.3 Å². The van der Waals surface area contributed by atoms with Gasteiger partial charge in [0.15, 0.2) is 0 Å². The van der Waals surface area contributed by atoms with Gasteiger partial charge >= 0.3 is 0 Å². The molecule has 0 radical (unpaired) electrons. The Morgan fingerprint density at radius 3 is 2.62 bits per heavy atom. The Morgan fingerprint density at radius 2 is 2.00 bits per heavy atom. The van der Waals surface area contributed by atoms with E-state index in [0.717, 1.165) is 0 Å². The molecule has 2 aromatic heterocycles. The topological polar surface area (TPSA) is 116 Å². The quantitative estimate of drug-likeness (QED) is 0.403. The van der Waals surface area contributed by atoms with Gasteiger partial charge in [0.1, 0.15) is 22.7 Å². The van der Waals surface area contributed by atoms with Crippen molar-refractivity contribution in [3.8, 4) is 17.2 Å². The van der Waals surface area contributed by atoms with Crippen molar-refractivity contribution < 1.29 is 22.9 Å². The lowest BCUT2D eigenvalue weighted by Crippen LogP contribution is -2.40. The highest BCUT2D eigenvalue weighted by atomic mass is 35.5. The molecule has 11 heteroatoms.